The van der Waals surface area contributed by atoms with Gasteiger partial charge in [0.15, 0.2) is 0 Å². The number of methoxy groups -OCH3 is 1. The van der Waals surface area contributed by atoms with Crippen molar-refractivity contribution in [2.24, 2.45) is 11.8 Å². The van der Waals surface area contributed by atoms with Crippen LogP contribution in [-0.4, -0.2) is 29.0 Å². The maximum atomic E-state index is 12.7. The van der Waals surface area contributed by atoms with Gasteiger partial charge in [-0.15, -0.1) is 47.3 Å². The van der Waals surface area contributed by atoms with Gasteiger partial charge in [0.2, 0.25) is 11.4 Å². The normalized spacial score (nSPS) is 14.1. The van der Waals surface area contributed by atoms with E-state index >= 15 is 0 Å². The zero-order chi connectivity index (χ0) is 33.0. The van der Waals surface area contributed by atoms with Gasteiger partial charge < -0.3 is 13.6 Å². The van der Waals surface area contributed by atoms with E-state index in [9.17, 15) is 28.8 Å². The highest BCUT2D eigenvalue weighted by Crippen LogP contribution is 2.30. The van der Waals surface area contributed by atoms with Crippen LogP contribution in [0.4, 0.5) is 0 Å². The molecule has 45 heavy (non-hydrogen) atoms. The molecule has 6 rings (SSSR count). The Morgan fingerprint density at radius 1 is 0.800 bits per heavy atom. The van der Waals surface area contributed by atoms with Crippen molar-refractivity contribution in [2.45, 2.75) is 72.2 Å². The summed E-state index contributed by atoms with van der Waals surface area (Å²) in [6, 6.07) is 2.62. The fraction of sp³-hybridized carbons (Fsp3) is 0.500. The minimum absolute atomic E-state index is 0.00625. The number of aromatic amines is 1. The highest BCUT2D eigenvalue weighted by Gasteiger charge is 2.26. The van der Waals surface area contributed by atoms with Crippen molar-refractivity contribution in [1.29, 1.82) is 0 Å². The molecular weight excluding hydrogens is 787 g/mol. The van der Waals surface area contributed by atoms with Crippen LogP contribution in [0.3, 0.4) is 0 Å². The number of nitrogens with zero attached hydrogens (tertiary/aromatic N) is 3. The second kappa shape index (κ2) is 15.2. The molecule has 17 heteroatoms. The Labute approximate surface area is 280 Å². The van der Waals surface area contributed by atoms with E-state index < -0.39 is 22.6 Å². The third-order valence-electron chi connectivity index (χ3n) is 7.45. The van der Waals surface area contributed by atoms with Crippen LogP contribution in [0, 0.1) is 11.8 Å². The van der Waals surface area contributed by atoms with Crippen LogP contribution in [0.1, 0.15) is 50.7 Å². The van der Waals surface area contributed by atoms with E-state index in [1.54, 1.807) is 0 Å². The van der Waals surface area contributed by atoms with Crippen molar-refractivity contribution >= 4 is 72.7 Å². The molecule has 2 aliphatic carbocycles. The molecule has 2 aliphatic rings. The van der Waals surface area contributed by atoms with Crippen LogP contribution >= 0.6 is 47.3 Å². The van der Waals surface area contributed by atoms with Gasteiger partial charge in [-0.2, -0.15) is 0 Å². The fourth-order valence-electron chi connectivity index (χ4n) is 4.90. The standard InChI is InChI=1S/C15H18N2O5.C13H14N2O4.BBr3/c1-3-10-6-11(18)22-14-12(10)13(19)16(7-9-4-5-9)15(20)17(14)8-21-2;1-2-8-5-9(16)19-11-10(8)12(17)15(13(18)14-11)6-7-3-4-7;2-1(3)4/h6,9H,3-5,7-8H2,1-2H3;5,7H,2-4,6H2,1H3,(H,14,18);. The van der Waals surface area contributed by atoms with Crippen molar-refractivity contribution in [3.63, 3.8) is 0 Å². The van der Waals surface area contributed by atoms with Crippen molar-refractivity contribution < 1.29 is 13.6 Å². The molecule has 0 aliphatic heterocycles. The first-order valence-corrected chi connectivity index (χ1v) is 17.2. The molecule has 0 radical (unpaired) electrons. The molecule has 1 N–H and O–H groups in total. The van der Waals surface area contributed by atoms with Crippen molar-refractivity contribution in [1.82, 2.24) is 18.7 Å². The van der Waals surface area contributed by atoms with Gasteiger partial charge in [0.1, 0.15) is 17.5 Å². The number of ether oxygens (including phenoxy) is 1. The number of nitrogens with one attached hydrogen (secondary N) is 1. The summed E-state index contributed by atoms with van der Waals surface area (Å²) >= 11 is 9.31. The van der Waals surface area contributed by atoms with Gasteiger partial charge in [-0.25, -0.2) is 23.7 Å². The lowest BCUT2D eigenvalue weighted by Crippen LogP contribution is -2.41. The summed E-state index contributed by atoms with van der Waals surface area (Å²) in [7, 11) is 1.44. The van der Waals surface area contributed by atoms with Crippen molar-refractivity contribution in [2.75, 3.05) is 7.11 Å². The third-order valence-corrected chi connectivity index (χ3v) is 7.45. The smallest absolute Gasteiger partial charge is 0.369 e. The Hall–Kier alpha value is -2.76. The second-order valence-corrected chi connectivity index (χ2v) is 17.2. The maximum Gasteiger partial charge on any atom is 0.369 e. The molecule has 4 aromatic heterocycles. The van der Waals surface area contributed by atoms with Crippen LogP contribution < -0.4 is 33.7 Å². The molecule has 2 fully saturated rings. The summed E-state index contributed by atoms with van der Waals surface area (Å²) in [5.74, 6) is 0.789. The predicted octanol–water partition coefficient (Wildman–Crippen LogP) is 3.46. The number of aromatic nitrogens is 4. The molecule has 4 heterocycles. The molecule has 242 valence electrons. The second-order valence-electron chi connectivity index (χ2n) is 10.8. The van der Waals surface area contributed by atoms with E-state index in [0.717, 1.165) is 25.7 Å². The first-order valence-electron chi connectivity index (χ1n) is 14.4. The van der Waals surface area contributed by atoms with E-state index in [1.165, 1.54) is 32.9 Å². The van der Waals surface area contributed by atoms with Gasteiger partial charge in [0.05, 0.1) is 0 Å². The molecule has 13 nitrogen and oxygen atoms in total. The lowest BCUT2D eigenvalue weighted by atomic mass is 10.1. The van der Waals surface area contributed by atoms with E-state index in [2.05, 4.69) is 52.3 Å². The fourth-order valence-corrected chi connectivity index (χ4v) is 4.90. The molecule has 0 spiro atoms. The Bertz CT molecular complexity index is 2050. The molecule has 0 bridgehead atoms. The molecule has 0 saturated heterocycles. The first kappa shape index (κ1) is 35.1. The molecule has 0 aromatic carbocycles. The summed E-state index contributed by atoms with van der Waals surface area (Å²) in [5.41, 5.74) is -1.73. The number of fused-ring (bicyclic) bond motifs is 2. The number of halogens is 3. The van der Waals surface area contributed by atoms with Gasteiger partial charge in [-0.05, 0) is 61.5 Å². The van der Waals surface area contributed by atoms with Crippen molar-refractivity contribution in [3.8, 4) is 0 Å². The molecule has 0 amide bonds. The zero-order valence-corrected chi connectivity index (χ0v) is 29.7. The predicted molar refractivity (Wildman–Crippen MR) is 182 cm³/mol. The van der Waals surface area contributed by atoms with Gasteiger partial charge in [-0.3, -0.25) is 23.7 Å². The van der Waals surface area contributed by atoms with E-state index in [-0.39, 0.29) is 32.5 Å². The lowest BCUT2D eigenvalue weighted by molar-refractivity contribution is 0.125. The van der Waals surface area contributed by atoms with Crippen LogP contribution in [0.25, 0.3) is 22.2 Å². The average molecular weight is 819 g/mol. The van der Waals surface area contributed by atoms with Gasteiger partial charge in [-0.1, -0.05) is 13.8 Å². The Morgan fingerprint density at radius 2 is 1.29 bits per heavy atom. The molecule has 4 aromatic rings. The third kappa shape index (κ3) is 8.54. The monoisotopic (exact) mass is 816 g/mol. The quantitative estimate of drug-likeness (QED) is 0.262. The minimum Gasteiger partial charge on any atom is -0.405 e. The summed E-state index contributed by atoms with van der Waals surface area (Å²) in [5, 5.41) is 0.599. The van der Waals surface area contributed by atoms with Gasteiger partial charge in [0.25, 0.3) is 11.1 Å². The SMILES string of the molecule is BrB(Br)Br.CCc1cc(=O)oc2[nH]c(=O)n(CC3CC3)c(=O)c12.CCc1cc(=O)oc2c1c(=O)n(CC1CC1)c(=O)n2COC. The van der Waals surface area contributed by atoms with Gasteiger partial charge in [0, 0.05) is 32.3 Å². The maximum absolute atomic E-state index is 12.7. The number of hydrogen-bond acceptors (Lipinski definition) is 9. The van der Waals surface area contributed by atoms with E-state index in [1.807, 2.05) is 13.8 Å². The number of rotatable bonds is 8. The number of hydrogen-bond donors (Lipinski definition) is 1. The van der Waals surface area contributed by atoms with Crippen molar-refractivity contribution in [3.05, 3.63) is 85.8 Å². The number of H-pyrrole nitrogens is 1. The van der Waals surface area contributed by atoms with Crippen LogP contribution in [0.2, 0.25) is 0 Å². The van der Waals surface area contributed by atoms with Crippen LogP contribution in [-0.2, 0) is 37.4 Å². The summed E-state index contributed by atoms with van der Waals surface area (Å²) in [6.07, 6.45) is 5.19. The molecule has 0 atom stereocenters. The Balaban J connectivity index is 0.000000185. The van der Waals surface area contributed by atoms with Gasteiger partial charge >= 0.3 is 25.8 Å². The van der Waals surface area contributed by atoms with Crippen LogP contribution in [0.5, 0.6) is 0 Å². The average Bonchev–Trinajstić information content (AvgIpc) is 3.91. The largest absolute Gasteiger partial charge is 0.405 e. The topological polar surface area (TPSA) is 169 Å². The first-order chi connectivity index (χ1) is 21.4. The molecule has 2 saturated carbocycles. The summed E-state index contributed by atoms with van der Waals surface area (Å²) in [4.78, 5) is 75.0. The van der Waals surface area contributed by atoms with Crippen LogP contribution in [0.15, 0.2) is 49.7 Å². The van der Waals surface area contributed by atoms with E-state index in [0.29, 0.717) is 59.7 Å². The Morgan fingerprint density at radius 3 is 1.80 bits per heavy atom. The lowest BCUT2D eigenvalue weighted by Gasteiger charge is -2.13. The summed E-state index contributed by atoms with van der Waals surface area (Å²) < 4.78 is 19.0. The number of aryl methyl sites for hydroxylation is 2. The highest BCUT2D eigenvalue weighted by molar-refractivity contribution is 9.69. The summed E-state index contributed by atoms with van der Waals surface area (Å²) in [6.45, 7) is 4.47. The zero-order valence-electron chi connectivity index (χ0n) is 24.9. The minimum atomic E-state index is -0.576. The molecule has 0 unspecified atom stereocenters. The highest BCUT2D eigenvalue weighted by atomic mass is 79.9. The van der Waals surface area contributed by atoms with E-state index in [4.69, 9.17) is 13.6 Å². The Kier molecular flexibility index (Phi) is 11.9. The molecular formula is C28H32BBr3N4O9.